The van der Waals surface area contributed by atoms with Crippen LogP contribution in [0.3, 0.4) is 0 Å². The van der Waals surface area contributed by atoms with Gasteiger partial charge in [0.1, 0.15) is 5.60 Å². The number of amides is 2. The van der Waals surface area contributed by atoms with E-state index in [1.54, 1.807) is 45.5 Å². The first-order chi connectivity index (χ1) is 11.0. The van der Waals surface area contributed by atoms with Crippen molar-refractivity contribution in [3.8, 4) is 0 Å². The van der Waals surface area contributed by atoms with Crippen LogP contribution in [0.2, 0.25) is 0 Å². The van der Waals surface area contributed by atoms with Crippen LogP contribution in [0, 0.1) is 12.8 Å². The normalized spacial score (nSPS) is 12.8. The Morgan fingerprint density at radius 2 is 2.00 bits per heavy atom. The standard InChI is InChI=1S/C15H24F2N4O3/c1-9-6-11(20-21(9)5)19-12(22)7-10(13(16)17)8-18-14(23)24-15(2,3)4/h6,10,13H,7-8H2,1-5H3,(H,18,23)(H,19,20,22). The number of hydrogen-bond donors (Lipinski definition) is 2. The molecular formula is C15H24F2N4O3. The van der Waals surface area contributed by atoms with Gasteiger partial charge < -0.3 is 15.4 Å². The lowest BCUT2D eigenvalue weighted by molar-refractivity contribution is -0.118. The van der Waals surface area contributed by atoms with Crippen molar-refractivity contribution in [1.82, 2.24) is 15.1 Å². The van der Waals surface area contributed by atoms with Gasteiger partial charge in [-0.1, -0.05) is 0 Å². The van der Waals surface area contributed by atoms with Crippen LogP contribution in [0.4, 0.5) is 19.4 Å². The van der Waals surface area contributed by atoms with E-state index in [2.05, 4.69) is 15.7 Å². The first kappa shape index (κ1) is 19.9. The number of carbonyl (C=O) groups excluding carboxylic acids is 2. The number of hydrogen-bond acceptors (Lipinski definition) is 4. The average molecular weight is 346 g/mol. The van der Waals surface area contributed by atoms with E-state index in [0.717, 1.165) is 5.69 Å². The average Bonchev–Trinajstić information content (AvgIpc) is 2.70. The van der Waals surface area contributed by atoms with Crippen LogP contribution in [-0.2, 0) is 16.6 Å². The van der Waals surface area contributed by atoms with Gasteiger partial charge in [-0.05, 0) is 27.7 Å². The van der Waals surface area contributed by atoms with E-state index in [4.69, 9.17) is 4.74 Å². The van der Waals surface area contributed by atoms with E-state index in [0.29, 0.717) is 5.82 Å². The third-order valence-corrected chi connectivity index (χ3v) is 3.09. The molecule has 0 radical (unpaired) electrons. The molecule has 2 amide bonds. The van der Waals surface area contributed by atoms with Gasteiger partial charge in [-0.15, -0.1) is 0 Å². The molecule has 24 heavy (non-hydrogen) atoms. The predicted octanol–water partition coefficient (Wildman–Crippen LogP) is 2.46. The van der Waals surface area contributed by atoms with Crippen LogP contribution in [0.5, 0.6) is 0 Å². The number of anilines is 1. The van der Waals surface area contributed by atoms with Gasteiger partial charge >= 0.3 is 6.09 Å². The number of rotatable bonds is 6. The molecule has 1 unspecified atom stereocenters. The largest absolute Gasteiger partial charge is 0.444 e. The highest BCUT2D eigenvalue weighted by Gasteiger charge is 2.26. The molecule has 1 aromatic heterocycles. The summed E-state index contributed by atoms with van der Waals surface area (Å²) in [6.45, 7) is 6.44. The maximum Gasteiger partial charge on any atom is 0.407 e. The van der Waals surface area contributed by atoms with E-state index in [1.807, 2.05) is 0 Å². The highest BCUT2D eigenvalue weighted by atomic mass is 19.3. The fourth-order valence-corrected chi connectivity index (χ4v) is 1.83. The van der Waals surface area contributed by atoms with Crippen molar-refractivity contribution in [1.29, 1.82) is 0 Å². The van der Waals surface area contributed by atoms with Gasteiger partial charge in [-0.25, -0.2) is 13.6 Å². The predicted molar refractivity (Wildman–Crippen MR) is 84.9 cm³/mol. The molecule has 1 heterocycles. The van der Waals surface area contributed by atoms with E-state index in [9.17, 15) is 18.4 Å². The second-order valence-corrected chi connectivity index (χ2v) is 6.52. The Balaban J connectivity index is 2.53. The lowest BCUT2D eigenvalue weighted by atomic mass is 10.1. The highest BCUT2D eigenvalue weighted by molar-refractivity contribution is 5.90. The fraction of sp³-hybridized carbons (Fsp3) is 0.667. The molecule has 1 atom stereocenters. The van der Waals surface area contributed by atoms with Crippen molar-refractivity contribution in [3.05, 3.63) is 11.8 Å². The second-order valence-electron chi connectivity index (χ2n) is 6.52. The minimum atomic E-state index is -2.75. The molecule has 0 aliphatic heterocycles. The molecule has 0 fully saturated rings. The highest BCUT2D eigenvalue weighted by Crippen LogP contribution is 2.16. The van der Waals surface area contributed by atoms with Crippen LogP contribution < -0.4 is 10.6 Å². The summed E-state index contributed by atoms with van der Waals surface area (Å²) in [7, 11) is 1.71. The molecule has 0 aliphatic carbocycles. The number of nitrogens with zero attached hydrogens (tertiary/aromatic N) is 2. The van der Waals surface area contributed by atoms with Crippen molar-refractivity contribution in [2.45, 2.75) is 46.1 Å². The number of ether oxygens (including phenoxy) is 1. The van der Waals surface area contributed by atoms with Crippen molar-refractivity contribution >= 4 is 17.8 Å². The first-order valence-electron chi connectivity index (χ1n) is 7.53. The Kier molecular flexibility index (Phi) is 6.68. The van der Waals surface area contributed by atoms with Gasteiger partial charge in [0.2, 0.25) is 12.3 Å². The number of nitrogens with one attached hydrogen (secondary N) is 2. The summed E-state index contributed by atoms with van der Waals surface area (Å²) in [6.07, 6.45) is -3.99. The van der Waals surface area contributed by atoms with Crippen LogP contribution in [0.15, 0.2) is 6.07 Å². The quantitative estimate of drug-likeness (QED) is 0.829. The van der Waals surface area contributed by atoms with Crippen molar-refractivity contribution in [2.75, 3.05) is 11.9 Å². The van der Waals surface area contributed by atoms with Crippen LogP contribution >= 0.6 is 0 Å². The molecule has 0 saturated heterocycles. The van der Waals surface area contributed by atoms with E-state index in [-0.39, 0.29) is 6.54 Å². The topological polar surface area (TPSA) is 85.2 Å². The third-order valence-electron chi connectivity index (χ3n) is 3.09. The molecule has 0 saturated carbocycles. The number of halogens is 2. The van der Waals surface area contributed by atoms with Gasteiger partial charge in [-0.2, -0.15) is 5.10 Å². The van der Waals surface area contributed by atoms with Crippen molar-refractivity contribution in [3.63, 3.8) is 0 Å². The fourth-order valence-electron chi connectivity index (χ4n) is 1.83. The number of carbonyl (C=O) groups is 2. The molecule has 1 rings (SSSR count). The molecule has 0 spiro atoms. The molecule has 7 nitrogen and oxygen atoms in total. The molecule has 136 valence electrons. The number of aromatic nitrogens is 2. The molecular weight excluding hydrogens is 322 g/mol. The SMILES string of the molecule is Cc1cc(NC(=O)CC(CNC(=O)OC(C)(C)C)C(F)F)nn1C. The zero-order valence-electron chi connectivity index (χ0n) is 14.5. The Hall–Kier alpha value is -2.19. The second kappa shape index (κ2) is 8.07. The van der Waals surface area contributed by atoms with E-state index >= 15 is 0 Å². The molecule has 9 heteroatoms. The zero-order chi connectivity index (χ0) is 18.5. The summed E-state index contributed by atoms with van der Waals surface area (Å²) in [4.78, 5) is 23.4. The lowest BCUT2D eigenvalue weighted by Gasteiger charge is -2.21. The monoisotopic (exact) mass is 346 g/mol. The smallest absolute Gasteiger partial charge is 0.407 e. The minimum absolute atomic E-state index is 0.299. The van der Waals surface area contributed by atoms with Gasteiger partial charge in [0, 0.05) is 37.7 Å². The zero-order valence-corrected chi connectivity index (χ0v) is 14.5. The van der Waals surface area contributed by atoms with Crippen LogP contribution in [0.1, 0.15) is 32.9 Å². The third kappa shape index (κ3) is 6.93. The summed E-state index contributed by atoms with van der Waals surface area (Å²) in [6, 6.07) is 1.63. The van der Waals surface area contributed by atoms with Gasteiger partial charge in [-0.3, -0.25) is 9.48 Å². The van der Waals surface area contributed by atoms with E-state index < -0.39 is 36.4 Å². The van der Waals surface area contributed by atoms with Crippen molar-refractivity contribution < 1.29 is 23.1 Å². The van der Waals surface area contributed by atoms with E-state index in [1.165, 1.54) is 0 Å². The summed E-state index contributed by atoms with van der Waals surface area (Å²) in [5.74, 6) is -1.61. The van der Waals surface area contributed by atoms with Gasteiger partial charge in [0.25, 0.3) is 0 Å². The Bertz CT molecular complexity index is 562. The summed E-state index contributed by atoms with van der Waals surface area (Å²) in [5.41, 5.74) is 0.0980. The molecule has 0 aromatic carbocycles. The van der Waals surface area contributed by atoms with Gasteiger partial charge in [0.15, 0.2) is 5.82 Å². The number of alkyl carbamates (subject to hydrolysis) is 1. The van der Waals surface area contributed by atoms with Crippen molar-refractivity contribution in [2.24, 2.45) is 13.0 Å². The Morgan fingerprint density at radius 1 is 1.38 bits per heavy atom. The van der Waals surface area contributed by atoms with Crippen LogP contribution in [-0.4, -0.2) is 40.4 Å². The molecule has 0 aliphatic rings. The molecule has 0 bridgehead atoms. The lowest BCUT2D eigenvalue weighted by Crippen LogP contribution is -2.38. The summed E-state index contributed by atoms with van der Waals surface area (Å²) < 4.78 is 32.7. The summed E-state index contributed by atoms with van der Waals surface area (Å²) in [5, 5.41) is 8.75. The molecule has 2 N–H and O–H groups in total. The van der Waals surface area contributed by atoms with Crippen LogP contribution in [0.25, 0.3) is 0 Å². The Labute approximate surface area is 139 Å². The number of aryl methyl sites for hydroxylation is 2. The minimum Gasteiger partial charge on any atom is -0.444 e. The Morgan fingerprint density at radius 3 is 2.46 bits per heavy atom. The van der Waals surface area contributed by atoms with Gasteiger partial charge in [0.05, 0.1) is 0 Å². The molecule has 1 aromatic rings. The maximum atomic E-state index is 13.1. The first-order valence-corrected chi connectivity index (χ1v) is 7.53. The number of alkyl halides is 2. The maximum absolute atomic E-state index is 13.1. The summed E-state index contributed by atoms with van der Waals surface area (Å²) >= 11 is 0.